The first-order chi connectivity index (χ1) is 49.3. The molecule has 0 radical (unpaired) electrons. The highest BCUT2D eigenvalue weighted by Crippen LogP contribution is 2.45. The third-order valence-electron chi connectivity index (χ3n) is 19.1. The van der Waals surface area contributed by atoms with Crippen LogP contribution in [0.25, 0.3) is 0 Å². The molecule has 0 aliphatic rings. The lowest BCUT2D eigenvalue weighted by atomic mass is 10.00. The maximum absolute atomic E-state index is 13.1. The van der Waals surface area contributed by atoms with Gasteiger partial charge in [-0.1, -0.05) is 355 Å². The van der Waals surface area contributed by atoms with Crippen LogP contribution in [-0.4, -0.2) is 96.7 Å². The molecule has 102 heavy (non-hydrogen) atoms. The minimum absolute atomic E-state index is 0.0841. The van der Waals surface area contributed by atoms with E-state index in [9.17, 15) is 43.2 Å². The second kappa shape index (κ2) is 72.7. The van der Waals surface area contributed by atoms with Crippen LogP contribution < -0.4 is 0 Å². The fourth-order valence-corrected chi connectivity index (χ4v) is 13.8. The second-order valence-electron chi connectivity index (χ2n) is 30.4. The molecule has 0 aromatic carbocycles. The molecule has 0 amide bonds. The highest BCUT2D eigenvalue weighted by molar-refractivity contribution is 7.47. The van der Waals surface area contributed by atoms with Crippen molar-refractivity contribution in [1.82, 2.24) is 0 Å². The van der Waals surface area contributed by atoms with Gasteiger partial charge in [-0.15, -0.1) is 0 Å². The Bertz CT molecular complexity index is 2070. The summed E-state index contributed by atoms with van der Waals surface area (Å²) >= 11 is 0. The van der Waals surface area contributed by atoms with Crippen LogP contribution in [0.1, 0.15) is 408 Å². The third kappa shape index (κ3) is 74.4. The zero-order chi connectivity index (χ0) is 75.1. The van der Waals surface area contributed by atoms with Crippen molar-refractivity contribution in [2.24, 2.45) is 17.8 Å². The van der Waals surface area contributed by atoms with Crippen LogP contribution in [-0.2, 0) is 65.4 Å². The Kier molecular flexibility index (Phi) is 71.0. The summed E-state index contributed by atoms with van der Waals surface area (Å²) in [6, 6.07) is 0. The number of carbonyl (C=O) groups excluding carboxylic acids is 4. The number of allylic oxidation sites excluding steroid dienone is 4. The summed E-state index contributed by atoms with van der Waals surface area (Å²) in [6.45, 7) is 11.9. The maximum atomic E-state index is 13.1. The van der Waals surface area contributed by atoms with Crippen molar-refractivity contribution in [1.29, 1.82) is 0 Å². The Morgan fingerprint density at radius 3 is 0.873 bits per heavy atom. The van der Waals surface area contributed by atoms with E-state index in [1.807, 2.05) is 0 Å². The standard InChI is InChI=1S/C83H158O17P2/c1-8-10-11-12-13-14-15-16-21-27-33-38-43-52-59-67-83(88)100-79(71-94-81(86)65-58-51-46-45-49-56-63-76(7)9-2)73-98-102(91,92)96-69-77(84)68-95-101(89,90)97-72-78(70-93-80(85)64-57-50-42-37-32-29-24-26-31-36-41-48-55-62-75(5)6)99-82(87)66-60-53-44-39-34-28-23-20-18-17-19-22-25-30-35-40-47-54-61-74(3)4/h14-16,21,74-79,84H,8-13,17-20,22-73H2,1-7H3,(H,89,90)(H,91,92)/b15-14-,21-16-/t76?,77-,78-,79-/m1/s1. The van der Waals surface area contributed by atoms with Gasteiger partial charge in [-0.2, -0.15) is 0 Å². The molecule has 0 heterocycles. The molecule has 3 unspecified atom stereocenters. The zero-order valence-electron chi connectivity index (χ0n) is 66.6. The molecule has 6 atom stereocenters. The number of phosphoric acid groups is 2. The molecule has 0 rings (SSSR count). The Labute approximate surface area is 624 Å². The normalized spacial score (nSPS) is 14.4. The number of hydrogen-bond acceptors (Lipinski definition) is 15. The summed E-state index contributed by atoms with van der Waals surface area (Å²) in [5.41, 5.74) is 0. The molecule has 0 aromatic rings. The Hall–Kier alpha value is -2.46. The number of rotatable bonds is 79. The van der Waals surface area contributed by atoms with Gasteiger partial charge < -0.3 is 33.8 Å². The van der Waals surface area contributed by atoms with E-state index in [4.69, 9.17) is 37.0 Å². The molecule has 0 saturated heterocycles. The smallest absolute Gasteiger partial charge is 0.462 e. The van der Waals surface area contributed by atoms with Crippen molar-refractivity contribution < 1.29 is 80.2 Å². The molecule has 0 saturated carbocycles. The van der Waals surface area contributed by atoms with E-state index in [0.717, 1.165) is 127 Å². The number of phosphoric ester groups is 2. The third-order valence-corrected chi connectivity index (χ3v) is 21.0. The van der Waals surface area contributed by atoms with Crippen LogP contribution in [0.2, 0.25) is 0 Å². The molecule has 0 aliphatic heterocycles. The Morgan fingerprint density at radius 1 is 0.324 bits per heavy atom. The van der Waals surface area contributed by atoms with Gasteiger partial charge in [0, 0.05) is 25.7 Å². The van der Waals surface area contributed by atoms with Gasteiger partial charge in [0.2, 0.25) is 0 Å². The van der Waals surface area contributed by atoms with Gasteiger partial charge >= 0.3 is 39.5 Å². The minimum Gasteiger partial charge on any atom is -0.462 e. The first-order valence-electron chi connectivity index (χ1n) is 42.2. The van der Waals surface area contributed by atoms with E-state index in [1.165, 1.54) is 199 Å². The first-order valence-corrected chi connectivity index (χ1v) is 45.2. The Balaban J connectivity index is 5.26. The van der Waals surface area contributed by atoms with Crippen LogP contribution >= 0.6 is 15.6 Å². The molecule has 0 bridgehead atoms. The summed E-state index contributed by atoms with van der Waals surface area (Å²) in [7, 11) is -9.94. The van der Waals surface area contributed by atoms with Crippen molar-refractivity contribution in [2.75, 3.05) is 39.6 Å². The van der Waals surface area contributed by atoms with E-state index < -0.39 is 97.5 Å². The highest BCUT2D eigenvalue weighted by atomic mass is 31.2. The molecular formula is C83H158O17P2. The van der Waals surface area contributed by atoms with Gasteiger partial charge in [-0.05, 0) is 69.1 Å². The average Bonchev–Trinajstić information content (AvgIpc) is 1.28. The topological polar surface area (TPSA) is 237 Å². The number of esters is 4. The summed E-state index contributed by atoms with van der Waals surface area (Å²) in [5.74, 6) is 0.196. The van der Waals surface area contributed by atoms with E-state index in [-0.39, 0.29) is 25.7 Å². The van der Waals surface area contributed by atoms with Gasteiger partial charge in [0.05, 0.1) is 26.4 Å². The molecule has 3 N–H and O–H groups in total. The lowest BCUT2D eigenvalue weighted by molar-refractivity contribution is -0.161. The van der Waals surface area contributed by atoms with Crippen LogP contribution in [0.3, 0.4) is 0 Å². The van der Waals surface area contributed by atoms with Gasteiger partial charge in [-0.25, -0.2) is 9.13 Å². The van der Waals surface area contributed by atoms with Crippen molar-refractivity contribution in [3.05, 3.63) is 24.3 Å². The van der Waals surface area contributed by atoms with Crippen molar-refractivity contribution >= 4 is 39.5 Å². The van der Waals surface area contributed by atoms with Crippen molar-refractivity contribution in [3.63, 3.8) is 0 Å². The first kappa shape index (κ1) is 99.5. The average molecular weight is 1490 g/mol. The van der Waals surface area contributed by atoms with E-state index in [1.54, 1.807) is 0 Å². The Morgan fingerprint density at radius 2 is 0.578 bits per heavy atom. The van der Waals surface area contributed by atoms with Crippen LogP contribution in [0, 0.1) is 17.8 Å². The van der Waals surface area contributed by atoms with Crippen LogP contribution in [0.5, 0.6) is 0 Å². The fourth-order valence-electron chi connectivity index (χ4n) is 12.3. The number of hydrogen-bond donors (Lipinski definition) is 3. The highest BCUT2D eigenvalue weighted by Gasteiger charge is 2.30. The SMILES string of the molecule is CCCCCC/C=C\C=C/CCCCCCCC(=O)O[C@H](COC(=O)CCCCCCCCC(C)CC)COP(=O)(O)OC[C@H](O)COP(=O)(O)OC[C@@H](COC(=O)CCCCCCCCCCCCCCCC(C)C)OC(=O)CCCCCCCCCCCCCCCCCCCCC(C)C. The number of ether oxygens (including phenoxy) is 4. The maximum Gasteiger partial charge on any atom is 0.472 e. The van der Waals surface area contributed by atoms with Crippen LogP contribution in [0.15, 0.2) is 24.3 Å². The predicted octanol–water partition coefficient (Wildman–Crippen LogP) is 24.5. The molecule has 0 fully saturated rings. The van der Waals surface area contributed by atoms with Gasteiger partial charge in [0.25, 0.3) is 0 Å². The molecular weight excluding hydrogens is 1330 g/mol. The predicted molar refractivity (Wildman–Crippen MR) is 418 cm³/mol. The minimum atomic E-state index is -4.97. The number of unbranched alkanes of at least 4 members (excludes halogenated alkanes) is 43. The van der Waals surface area contributed by atoms with Crippen LogP contribution in [0.4, 0.5) is 0 Å². The second-order valence-corrected chi connectivity index (χ2v) is 33.3. The molecule has 0 aliphatic carbocycles. The fraction of sp³-hybridized carbons (Fsp3) is 0.904. The van der Waals surface area contributed by atoms with Gasteiger partial charge in [0.1, 0.15) is 19.3 Å². The molecule has 0 spiro atoms. The van der Waals surface area contributed by atoms with E-state index in [0.29, 0.717) is 25.7 Å². The summed E-state index contributed by atoms with van der Waals surface area (Å²) in [4.78, 5) is 73.1. The van der Waals surface area contributed by atoms with Crippen molar-refractivity contribution in [3.8, 4) is 0 Å². The molecule has 17 nitrogen and oxygen atoms in total. The molecule has 0 aromatic heterocycles. The summed E-state index contributed by atoms with van der Waals surface area (Å²) in [5, 5.41) is 10.6. The van der Waals surface area contributed by atoms with Gasteiger partial charge in [0.15, 0.2) is 12.2 Å². The number of aliphatic hydroxyl groups is 1. The van der Waals surface area contributed by atoms with Crippen molar-refractivity contribution in [2.45, 2.75) is 426 Å². The molecule has 602 valence electrons. The number of carbonyl (C=O) groups is 4. The zero-order valence-corrected chi connectivity index (χ0v) is 68.4. The van der Waals surface area contributed by atoms with E-state index >= 15 is 0 Å². The lowest BCUT2D eigenvalue weighted by Crippen LogP contribution is -2.30. The number of aliphatic hydroxyl groups excluding tert-OH is 1. The quantitative estimate of drug-likeness (QED) is 0.0169. The summed E-state index contributed by atoms with van der Waals surface area (Å²) < 4.78 is 68.7. The lowest BCUT2D eigenvalue weighted by Gasteiger charge is -2.21. The van der Waals surface area contributed by atoms with Gasteiger partial charge in [-0.3, -0.25) is 37.3 Å². The monoisotopic (exact) mass is 1490 g/mol. The summed E-state index contributed by atoms with van der Waals surface area (Å²) in [6.07, 6.45) is 64.7. The van der Waals surface area contributed by atoms with E-state index in [2.05, 4.69) is 72.8 Å². The molecule has 19 heteroatoms. The largest absolute Gasteiger partial charge is 0.472 e.